The van der Waals surface area contributed by atoms with Crippen LogP contribution in [0.4, 0.5) is 0 Å². The van der Waals surface area contributed by atoms with Crippen LogP contribution in [-0.4, -0.2) is 37.0 Å². The molecule has 1 N–H and O–H groups in total. The van der Waals surface area contributed by atoms with E-state index in [2.05, 4.69) is 40.0 Å². The Balaban J connectivity index is 0.00000240. The van der Waals surface area contributed by atoms with E-state index in [1.54, 1.807) is 18.4 Å². The maximum absolute atomic E-state index is 13.4. The van der Waals surface area contributed by atoms with E-state index in [4.69, 9.17) is 4.74 Å². The third-order valence-corrected chi connectivity index (χ3v) is 7.25. The summed E-state index contributed by atoms with van der Waals surface area (Å²) >= 11 is 1.71. The van der Waals surface area contributed by atoms with E-state index in [0.29, 0.717) is 17.9 Å². The predicted molar refractivity (Wildman–Crippen MR) is 121 cm³/mol. The lowest BCUT2D eigenvalue weighted by Crippen LogP contribution is -2.39. The van der Waals surface area contributed by atoms with Crippen LogP contribution < -0.4 is 10.1 Å². The summed E-state index contributed by atoms with van der Waals surface area (Å²) in [6.45, 7) is 5.05. The van der Waals surface area contributed by atoms with Crippen molar-refractivity contribution in [2.45, 2.75) is 51.1 Å². The number of ether oxygens (including phenoxy) is 1. The fourth-order valence-corrected chi connectivity index (χ4v) is 5.29. The molecule has 2 heterocycles. The van der Waals surface area contributed by atoms with Gasteiger partial charge in [0.15, 0.2) is 0 Å². The molecule has 2 aliphatic rings. The quantitative estimate of drug-likeness (QED) is 0.677. The minimum atomic E-state index is 0. The van der Waals surface area contributed by atoms with Gasteiger partial charge in [0.2, 0.25) is 5.91 Å². The average molecular weight is 435 g/mol. The van der Waals surface area contributed by atoms with Gasteiger partial charge in [0, 0.05) is 19.0 Å². The number of methoxy groups -OCH3 is 1. The van der Waals surface area contributed by atoms with Gasteiger partial charge in [-0.15, -0.1) is 12.4 Å². The third-order valence-electron chi connectivity index (χ3n) is 6.52. The molecule has 2 atom stereocenters. The summed E-state index contributed by atoms with van der Waals surface area (Å²) in [7, 11) is 1.68. The molecule has 1 aliphatic heterocycles. The highest BCUT2D eigenvalue weighted by atomic mass is 35.5. The predicted octanol–water partition coefficient (Wildman–Crippen LogP) is 4.84. The highest BCUT2D eigenvalue weighted by Crippen LogP contribution is 2.56. The van der Waals surface area contributed by atoms with E-state index in [9.17, 15) is 4.79 Å². The van der Waals surface area contributed by atoms with Gasteiger partial charge in [0.1, 0.15) is 5.75 Å². The average Bonchev–Trinajstić information content (AvgIpc) is 3.14. The maximum Gasteiger partial charge on any atom is 0.223 e. The summed E-state index contributed by atoms with van der Waals surface area (Å²) < 4.78 is 5.35. The molecular weight excluding hydrogens is 404 g/mol. The molecule has 2 aromatic rings. The standard InChI is InChI=1S/C23H30N2O2S.ClH/c1-17(19-4-3-5-20(13-19)27-2)12-22(26)25(15-18-6-11-28-16-18)21-14-23(21)7-9-24-10-8-23;/h3-6,11,13,16-17,21,24H,7-10,12,14-15H2,1-2H3;1H. The molecule has 1 spiro atoms. The lowest BCUT2D eigenvalue weighted by Gasteiger charge is -2.30. The Morgan fingerprint density at radius 3 is 2.83 bits per heavy atom. The zero-order valence-electron chi connectivity index (χ0n) is 17.2. The van der Waals surface area contributed by atoms with Gasteiger partial charge in [0.05, 0.1) is 7.11 Å². The van der Waals surface area contributed by atoms with Crippen molar-refractivity contribution in [2.75, 3.05) is 20.2 Å². The van der Waals surface area contributed by atoms with Crippen molar-refractivity contribution in [3.63, 3.8) is 0 Å². The number of hydrogen-bond donors (Lipinski definition) is 1. The van der Waals surface area contributed by atoms with E-state index in [1.165, 1.54) is 18.4 Å². The molecule has 158 valence electrons. The summed E-state index contributed by atoms with van der Waals surface area (Å²) in [4.78, 5) is 15.6. The number of piperidine rings is 1. The number of benzene rings is 1. The molecule has 1 saturated heterocycles. The van der Waals surface area contributed by atoms with Crippen LogP contribution in [0.25, 0.3) is 0 Å². The lowest BCUT2D eigenvalue weighted by molar-refractivity contribution is -0.133. The smallest absolute Gasteiger partial charge is 0.223 e. The van der Waals surface area contributed by atoms with Gasteiger partial charge in [-0.1, -0.05) is 19.1 Å². The van der Waals surface area contributed by atoms with Crippen LogP contribution in [0, 0.1) is 5.41 Å². The number of nitrogens with one attached hydrogen (secondary N) is 1. The second kappa shape index (κ2) is 9.50. The van der Waals surface area contributed by atoms with Gasteiger partial charge < -0.3 is 15.0 Å². The van der Waals surface area contributed by atoms with Gasteiger partial charge >= 0.3 is 0 Å². The van der Waals surface area contributed by atoms with Crippen molar-refractivity contribution >= 4 is 29.7 Å². The van der Waals surface area contributed by atoms with Crippen LogP contribution in [0.3, 0.4) is 0 Å². The van der Waals surface area contributed by atoms with Gasteiger partial charge in [-0.3, -0.25) is 4.79 Å². The Kier molecular flexibility index (Phi) is 7.25. The van der Waals surface area contributed by atoms with E-state index in [-0.39, 0.29) is 24.2 Å². The molecule has 1 aromatic heterocycles. The first-order valence-electron chi connectivity index (χ1n) is 10.3. The number of rotatable bonds is 7. The minimum Gasteiger partial charge on any atom is -0.497 e. The first kappa shape index (κ1) is 22.1. The van der Waals surface area contributed by atoms with Crippen LogP contribution in [0.1, 0.15) is 49.7 Å². The van der Waals surface area contributed by atoms with E-state index in [0.717, 1.165) is 37.4 Å². The molecule has 0 bridgehead atoms. The van der Waals surface area contributed by atoms with Gasteiger partial charge in [-0.2, -0.15) is 11.3 Å². The monoisotopic (exact) mass is 434 g/mol. The van der Waals surface area contributed by atoms with Gasteiger partial charge in [-0.05, 0) is 83.8 Å². The molecule has 2 unspecified atom stereocenters. The number of carbonyl (C=O) groups is 1. The number of nitrogens with zero attached hydrogens (tertiary/aromatic N) is 1. The number of thiophene rings is 1. The molecular formula is C23H31ClN2O2S. The van der Waals surface area contributed by atoms with Crippen molar-refractivity contribution < 1.29 is 9.53 Å². The lowest BCUT2D eigenvalue weighted by atomic mass is 9.93. The van der Waals surface area contributed by atoms with Gasteiger partial charge in [0.25, 0.3) is 0 Å². The molecule has 4 nitrogen and oxygen atoms in total. The Labute approximate surface area is 184 Å². The van der Waals surface area contributed by atoms with E-state index < -0.39 is 0 Å². The molecule has 1 saturated carbocycles. The normalized spacial score (nSPS) is 20.6. The number of halogens is 1. The van der Waals surface area contributed by atoms with Gasteiger partial charge in [-0.25, -0.2) is 0 Å². The molecule has 1 aliphatic carbocycles. The minimum absolute atomic E-state index is 0. The summed E-state index contributed by atoms with van der Waals surface area (Å²) in [5.41, 5.74) is 2.77. The summed E-state index contributed by atoms with van der Waals surface area (Å²) in [5, 5.41) is 7.74. The third kappa shape index (κ3) is 4.96. The number of amides is 1. The Hall–Kier alpha value is -1.56. The van der Waals surface area contributed by atoms with Crippen LogP contribution in [0.15, 0.2) is 41.1 Å². The topological polar surface area (TPSA) is 41.6 Å². The van der Waals surface area contributed by atoms with Crippen LogP contribution >= 0.6 is 23.7 Å². The maximum atomic E-state index is 13.4. The highest BCUT2D eigenvalue weighted by Gasteiger charge is 2.57. The van der Waals surface area contributed by atoms with Crippen molar-refractivity contribution in [1.82, 2.24) is 10.2 Å². The molecule has 4 rings (SSSR count). The fraction of sp³-hybridized carbons (Fsp3) is 0.522. The summed E-state index contributed by atoms with van der Waals surface area (Å²) in [5.74, 6) is 1.31. The second-order valence-corrected chi connectivity index (χ2v) is 9.15. The molecule has 0 radical (unpaired) electrons. The first-order chi connectivity index (χ1) is 13.6. The molecule has 6 heteroatoms. The van der Waals surface area contributed by atoms with E-state index >= 15 is 0 Å². The molecule has 1 aromatic carbocycles. The van der Waals surface area contributed by atoms with Crippen molar-refractivity contribution in [2.24, 2.45) is 5.41 Å². The zero-order chi connectivity index (χ0) is 19.6. The fourth-order valence-electron chi connectivity index (χ4n) is 4.63. The Morgan fingerprint density at radius 1 is 1.34 bits per heavy atom. The summed E-state index contributed by atoms with van der Waals surface area (Å²) in [6, 6.07) is 10.6. The molecule has 29 heavy (non-hydrogen) atoms. The highest BCUT2D eigenvalue weighted by molar-refractivity contribution is 7.07. The number of carbonyl (C=O) groups excluding carboxylic acids is 1. The van der Waals surface area contributed by atoms with Crippen LogP contribution in [0.2, 0.25) is 0 Å². The van der Waals surface area contributed by atoms with Crippen molar-refractivity contribution in [3.05, 3.63) is 52.2 Å². The SMILES string of the molecule is COc1cccc(C(C)CC(=O)N(Cc2ccsc2)C2CC23CCNCC3)c1.Cl. The first-order valence-corrected chi connectivity index (χ1v) is 11.2. The van der Waals surface area contributed by atoms with Crippen LogP contribution in [-0.2, 0) is 11.3 Å². The summed E-state index contributed by atoms with van der Waals surface area (Å²) in [6.07, 6.45) is 4.09. The Bertz CT molecular complexity index is 805. The largest absolute Gasteiger partial charge is 0.497 e. The van der Waals surface area contributed by atoms with E-state index in [1.807, 2.05) is 18.2 Å². The molecule has 2 fully saturated rings. The second-order valence-electron chi connectivity index (χ2n) is 8.37. The number of hydrogen-bond acceptors (Lipinski definition) is 4. The van der Waals surface area contributed by atoms with Crippen LogP contribution in [0.5, 0.6) is 5.75 Å². The van der Waals surface area contributed by atoms with Crippen molar-refractivity contribution in [1.29, 1.82) is 0 Å². The molecule has 1 amide bonds. The zero-order valence-corrected chi connectivity index (χ0v) is 18.9. The van der Waals surface area contributed by atoms with Crippen molar-refractivity contribution in [3.8, 4) is 5.75 Å². The Morgan fingerprint density at radius 2 is 2.14 bits per heavy atom.